The lowest BCUT2D eigenvalue weighted by Gasteiger charge is -2.10. The van der Waals surface area contributed by atoms with Crippen molar-refractivity contribution < 1.29 is 9.18 Å². The van der Waals surface area contributed by atoms with Crippen LogP contribution in [0, 0.1) is 5.82 Å². The third-order valence-corrected chi connectivity index (χ3v) is 6.59. The van der Waals surface area contributed by atoms with Crippen molar-refractivity contribution in [3.8, 4) is 10.4 Å². The average molecular weight is 452 g/mol. The van der Waals surface area contributed by atoms with Crippen LogP contribution in [0.2, 0.25) is 0 Å². The van der Waals surface area contributed by atoms with E-state index in [0.29, 0.717) is 15.4 Å². The summed E-state index contributed by atoms with van der Waals surface area (Å²) in [7, 11) is 0. The van der Waals surface area contributed by atoms with E-state index in [1.165, 1.54) is 28.0 Å². The Balaban J connectivity index is 1.62. The molecule has 31 heavy (non-hydrogen) atoms. The molecule has 0 saturated heterocycles. The number of aromatic nitrogens is 2. The summed E-state index contributed by atoms with van der Waals surface area (Å²) in [6.07, 6.45) is 1.62. The number of fused-ring (bicyclic) bond motifs is 1. The quantitative estimate of drug-likeness (QED) is 0.239. The molecule has 0 radical (unpaired) electrons. The summed E-state index contributed by atoms with van der Waals surface area (Å²) < 4.78 is 15.8. The Kier molecular flexibility index (Phi) is 6.29. The molecular weight excluding hydrogens is 433 g/mol. The molecule has 2 aromatic heterocycles. The lowest BCUT2D eigenvalue weighted by atomic mass is 10.2. The second kappa shape index (κ2) is 9.28. The van der Waals surface area contributed by atoms with Crippen molar-refractivity contribution in [2.75, 3.05) is 11.1 Å². The van der Waals surface area contributed by atoms with Crippen LogP contribution in [0.4, 0.5) is 10.1 Å². The number of nitrogens with one attached hydrogen (secondary N) is 1. The molecule has 0 aliphatic heterocycles. The molecule has 0 spiro atoms. The zero-order valence-corrected chi connectivity index (χ0v) is 18.0. The molecule has 8 heteroatoms. The number of carbonyl (C=O) groups excluding carboxylic acids is 1. The number of thiophene rings is 1. The van der Waals surface area contributed by atoms with Gasteiger partial charge in [-0.3, -0.25) is 14.2 Å². The molecule has 4 rings (SSSR count). The summed E-state index contributed by atoms with van der Waals surface area (Å²) in [6, 6.07) is 17.6. The number of thioether (sulfide) groups is 1. The Morgan fingerprint density at radius 2 is 1.94 bits per heavy atom. The van der Waals surface area contributed by atoms with Crippen molar-refractivity contribution in [3.63, 3.8) is 0 Å². The number of anilines is 1. The highest BCUT2D eigenvalue weighted by Crippen LogP contribution is 2.32. The first kappa shape index (κ1) is 21.0. The van der Waals surface area contributed by atoms with Crippen LogP contribution >= 0.6 is 23.1 Å². The number of halogens is 1. The van der Waals surface area contributed by atoms with E-state index in [9.17, 15) is 14.0 Å². The van der Waals surface area contributed by atoms with Gasteiger partial charge < -0.3 is 5.32 Å². The molecule has 1 N–H and O–H groups in total. The van der Waals surface area contributed by atoms with Gasteiger partial charge in [-0.05, 0) is 23.8 Å². The fraction of sp³-hybridized carbons (Fsp3) is 0.0870. The normalized spacial score (nSPS) is 10.9. The number of rotatable bonds is 7. The topological polar surface area (TPSA) is 64.0 Å². The summed E-state index contributed by atoms with van der Waals surface area (Å²) in [4.78, 5) is 31.0. The average Bonchev–Trinajstić information content (AvgIpc) is 3.21. The Labute approximate surface area is 186 Å². The minimum Gasteiger partial charge on any atom is -0.323 e. The van der Waals surface area contributed by atoms with Crippen LogP contribution in [-0.2, 0) is 11.3 Å². The molecule has 0 bridgehead atoms. The van der Waals surface area contributed by atoms with Crippen LogP contribution in [0.1, 0.15) is 0 Å². The monoisotopic (exact) mass is 451 g/mol. The molecule has 2 aromatic carbocycles. The van der Waals surface area contributed by atoms with Gasteiger partial charge in [0, 0.05) is 11.4 Å². The van der Waals surface area contributed by atoms with Crippen LogP contribution in [0.3, 0.4) is 0 Å². The van der Waals surface area contributed by atoms with Crippen molar-refractivity contribution in [1.82, 2.24) is 9.55 Å². The smallest absolute Gasteiger partial charge is 0.272 e. The molecule has 0 saturated carbocycles. The van der Waals surface area contributed by atoms with E-state index >= 15 is 0 Å². The summed E-state index contributed by atoms with van der Waals surface area (Å²) in [5, 5.41) is 2.96. The van der Waals surface area contributed by atoms with Gasteiger partial charge in [-0.1, -0.05) is 60.3 Å². The van der Waals surface area contributed by atoms with Crippen molar-refractivity contribution in [3.05, 3.63) is 89.5 Å². The predicted octanol–water partition coefficient (Wildman–Crippen LogP) is 5.18. The molecule has 156 valence electrons. The third-order valence-electron chi connectivity index (χ3n) is 4.45. The lowest BCUT2D eigenvalue weighted by molar-refractivity contribution is -0.113. The Morgan fingerprint density at radius 3 is 2.68 bits per heavy atom. The maximum Gasteiger partial charge on any atom is 0.272 e. The first-order valence-electron chi connectivity index (χ1n) is 9.44. The van der Waals surface area contributed by atoms with Crippen LogP contribution in [0.15, 0.2) is 83.3 Å². The maximum absolute atomic E-state index is 13.8. The van der Waals surface area contributed by atoms with E-state index in [-0.39, 0.29) is 29.5 Å². The van der Waals surface area contributed by atoms with Gasteiger partial charge in [-0.25, -0.2) is 9.37 Å². The lowest BCUT2D eigenvalue weighted by Crippen LogP contribution is -2.23. The number of carbonyl (C=O) groups is 1. The zero-order valence-electron chi connectivity index (χ0n) is 16.4. The van der Waals surface area contributed by atoms with Gasteiger partial charge in [0.05, 0.1) is 17.0 Å². The fourth-order valence-corrected chi connectivity index (χ4v) is 4.87. The molecule has 1 amide bonds. The van der Waals surface area contributed by atoms with E-state index in [4.69, 9.17) is 0 Å². The van der Waals surface area contributed by atoms with Crippen molar-refractivity contribution in [2.45, 2.75) is 11.7 Å². The third kappa shape index (κ3) is 4.60. The number of amides is 1. The minimum absolute atomic E-state index is 0.0148. The number of nitrogens with zero attached hydrogens (tertiary/aromatic N) is 2. The van der Waals surface area contributed by atoms with Gasteiger partial charge in [0.15, 0.2) is 5.16 Å². The van der Waals surface area contributed by atoms with Gasteiger partial charge in [0.1, 0.15) is 10.5 Å². The Morgan fingerprint density at radius 1 is 1.19 bits per heavy atom. The molecule has 0 atom stereocenters. The minimum atomic E-state index is -0.504. The van der Waals surface area contributed by atoms with Crippen molar-refractivity contribution >= 4 is 44.9 Å². The van der Waals surface area contributed by atoms with Gasteiger partial charge in [0.25, 0.3) is 5.56 Å². The zero-order chi connectivity index (χ0) is 21.8. The first-order chi connectivity index (χ1) is 15.1. The van der Waals surface area contributed by atoms with E-state index in [1.807, 2.05) is 36.4 Å². The molecule has 0 aliphatic carbocycles. The molecule has 0 fully saturated rings. The Bertz CT molecular complexity index is 1320. The van der Waals surface area contributed by atoms with Crippen LogP contribution in [0.5, 0.6) is 0 Å². The molecule has 5 nitrogen and oxygen atoms in total. The first-order valence-corrected chi connectivity index (χ1v) is 11.2. The number of allylic oxidation sites excluding steroid dienone is 1. The molecule has 4 aromatic rings. The highest BCUT2D eigenvalue weighted by Gasteiger charge is 2.16. The van der Waals surface area contributed by atoms with Crippen LogP contribution < -0.4 is 10.9 Å². The van der Waals surface area contributed by atoms with Crippen molar-refractivity contribution in [1.29, 1.82) is 0 Å². The van der Waals surface area contributed by atoms with Crippen LogP contribution in [0.25, 0.3) is 20.7 Å². The number of hydrogen-bond donors (Lipinski definition) is 1. The number of para-hydroxylation sites is 1. The largest absolute Gasteiger partial charge is 0.323 e. The van der Waals surface area contributed by atoms with Gasteiger partial charge in [-0.2, -0.15) is 0 Å². The summed E-state index contributed by atoms with van der Waals surface area (Å²) >= 11 is 2.52. The van der Waals surface area contributed by atoms with Gasteiger partial charge >= 0.3 is 0 Å². The van der Waals surface area contributed by atoms with E-state index in [1.54, 1.807) is 18.2 Å². The summed E-state index contributed by atoms with van der Waals surface area (Å²) in [5.74, 6) is -0.903. The molecular formula is C23H18FN3O2S2. The highest BCUT2D eigenvalue weighted by atomic mass is 32.2. The van der Waals surface area contributed by atoms with Gasteiger partial charge in [-0.15, -0.1) is 17.9 Å². The Hall–Kier alpha value is -3.23. The fourth-order valence-electron chi connectivity index (χ4n) is 3.01. The SMILES string of the molecule is C=CCn1c(SCC(=O)Nc2ccccc2F)nc2cc(-c3ccccc3)sc2c1=O. The summed E-state index contributed by atoms with van der Waals surface area (Å²) in [6.45, 7) is 3.99. The van der Waals surface area contributed by atoms with Crippen LogP contribution in [-0.4, -0.2) is 21.2 Å². The summed E-state index contributed by atoms with van der Waals surface area (Å²) in [5.41, 5.74) is 1.55. The standard InChI is InChI=1S/C23H18FN3O2S2/c1-2-12-27-22(29)21-18(13-19(31-21)15-8-4-3-5-9-15)26-23(27)30-14-20(28)25-17-11-7-6-10-16(17)24/h2-11,13H,1,12,14H2,(H,25,28). The molecule has 2 heterocycles. The highest BCUT2D eigenvalue weighted by molar-refractivity contribution is 7.99. The molecule has 0 aliphatic rings. The second-order valence-electron chi connectivity index (χ2n) is 6.61. The second-order valence-corrected chi connectivity index (χ2v) is 8.60. The van der Waals surface area contributed by atoms with Crippen molar-refractivity contribution in [2.24, 2.45) is 0 Å². The maximum atomic E-state index is 13.8. The number of hydrogen-bond acceptors (Lipinski definition) is 5. The van der Waals surface area contributed by atoms with E-state index < -0.39 is 5.82 Å². The van der Waals surface area contributed by atoms with E-state index in [2.05, 4.69) is 16.9 Å². The van der Waals surface area contributed by atoms with E-state index in [0.717, 1.165) is 22.2 Å². The number of benzene rings is 2. The van der Waals surface area contributed by atoms with Gasteiger partial charge in [0.2, 0.25) is 5.91 Å². The predicted molar refractivity (Wildman–Crippen MR) is 125 cm³/mol. The molecule has 0 unspecified atom stereocenters.